The summed E-state index contributed by atoms with van der Waals surface area (Å²) in [6.07, 6.45) is 2.09. The molecule has 0 bridgehead atoms. The van der Waals surface area contributed by atoms with Gasteiger partial charge in [0, 0.05) is 18.7 Å². The number of likely N-dealkylation sites (tertiary alicyclic amines) is 1. The number of carbonyl (C=O) groups is 1. The van der Waals surface area contributed by atoms with Gasteiger partial charge in [-0.15, -0.1) is 10.2 Å². The van der Waals surface area contributed by atoms with Crippen LogP contribution in [-0.2, 0) is 0 Å². The van der Waals surface area contributed by atoms with Gasteiger partial charge in [-0.3, -0.25) is 4.79 Å². The molecule has 2 aromatic rings. The van der Waals surface area contributed by atoms with Crippen molar-refractivity contribution in [2.75, 3.05) is 13.1 Å². The molecule has 1 amide bonds. The third kappa shape index (κ3) is 1.99. The van der Waals surface area contributed by atoms with Crippen molar-refractivity contribution in [1.82, 2.24) is 15.1 Å². The first-order chi connectivity index (χ1) is 8.84. The average Bonchev–Trinajstić information content (AvgIpc) is 3.10. The van der Waals surface area contributed by atoms with Gasteiger partial charge in [-0.25, -0.2) is 0 Å². The van der Waals surface area contributed by atoms with Crippen LogP contribution in [0.4, 0.5) is 0 Å². The van der Waals surface area contributed by atoms with Gasteiger partial charge in [0.2, 0.25) is 5.89 Å². The molecule has 2 heterocycles. The summed E-state index contributed by atoms with van der Waals surface area (Å²) in [5.74, 6) is 0.302. The molecule has 1 fully saturated rings. The van der Waals surface area contributed by atoms with Crippen LogP contribution in [-0.4, -0.2) is 34.1 Å². The van der Waals surface area contributed by atoms with Gasteiger partial charge in [0.15, 0.2) is 0 Å². The van der Waals surface area contributed by atoms with E-state index in [1.54, 1.807) is 4.90 Å². The Kier molecular flexibility index (Phi) is 2.80. The topological polar surface area (TPSA) is 59.2 Å². The molecule has 0 aliphatic carbocycles. The maximum atomic E-state index is 12.0. The van der Waals surface area contributed by atoms with Gasteiger partial charge in [0.25, 0.3) is 0 Å². The van der Waals surface area contributed by atoms with Crippen LogP contribution in [0.2, 0.25) is 0 Å². The molecule has 0 unspecified atom stereocenters. The van der Waals surface area contributed by atoms with Crippen LogP contribution in [0.25, 0.3) is 11.5 Å². The van der Waals surface area contributed by atoms with Crippen LogP contribution in [0.5, 0.6) is 0 Å². The van der Waals surface area contributed by atoms with E-state index >= 15 is 0 Å². The summed E-state index contributed by atoms with van der Waals surface area (Å²) in [7, 11) is 0. The molecule has 0 radical (unpaired) electrons. The first-order valence-electron chi connectivity index (χ1n) is 6.03. The van der Waals surface area contributed by atoms with Crippen molar-refractivity contribution in [2.45, 2.75) is 12.8 Å². The Labute approximate surface area is 104 Å². The van der Waals surface area contributed by atoms with Gasteiger partial charge in [-0.1, -0.05) is 18.2 Å². The lowest BCUT2D eigenvalue weighted by Gasteiger charge is -2.11. The molecule has 92 valence electrons. The highest BCUT2D eigenvalue weighted by Crippen LogP contribution is 2.18. The Morgan fingerprint density at radius 3 is 2.56 bits per heavy atom. The lowest BCUT2D eigenvalue weighted by Crippen LogP contribution is -2.27. The molecule has 1 aromatic carbocycles. The number of aromatic nitrogens is 2. The van der Waals surface area contributed by atoms with Crippen molar-refractivity contribution < 1.29 is 9.21 Å². The van der Waals surface area contributed by atoms with Crippen molar-refractivity contribution in [2.24, 2.45) is 0 Å². The third-order valence-corrected chi connectivity index (χ3v) is 3.02. The molecule has 18 heavy (non-hydrogen) atoms. The number of nitrogens with zero attached hydrogens (tertiary/aromatic N) is 3. The average molecular weight is 243 g/mol. The molecule has 1 saturated heterocycles. The molecule has 0 spiro atoms. The first kappa shape index (κ1) is 11.0. The van der Waals surface area contributed by atoms with Gasteiger partial charge in [-0.05, 0) is 25.0 Å². The van der Waals surface area contributed by atoms with Gasteiger partial charge in [-0.2, -0.15) is 0 Å². The number of rotatable bonds is 2. The predicted molar refractivity (Wildman–Crippen MR) is 64.9 cm³/mol. The fraction of sp³-hybridized carbons (Fsp3) is 0.308. The Hall–Kier alpha value is -2.17. The summed E-state index contributed by atoms with van der Waals surface area (Å²) in [6, 6.07) is 9.44. The molecular formula is C13H13N3O2. The van der Waals surface area contributed by atoms with Gasteiger partial charge < -0.3 is 9.32 Å². The molecule has 5 nitrogen and oxygen atoms in total. The summed E-state index contributed by atoms with van der Waals surface area (Å²) in [5.41, 5.74) is 0.825. The lowest BCUT2D eigenvalue weighted by atomic mass is 10.2. The number of hydrogen-bond acceptors (Lipinski definition) is 4. The molecule has 0 N–H and O–H groups in total. The van der Waals surface area contributed by atoms with E-state index in [2.05, 4.69) is 10.2 Å². The molecule has 0 saturated carbocycles. The van der Waals surface area contributed by atoms with E-state index in [1.165, 1.54) is 0 Å². The summed E-state index contributed by atoms with van der Waals surface area (Å²) < 4.78 is 5.43. The van der Waals surface area contributed by atoms with E-state index in [1.807, 2.05) is 30.3 Å². The SMILES string of the molecule is O=C(c1nnc(-c2ccccc2)o1)N1CCCC1. The van der Waals surface area contributed by atoms with Gasteiger partial charge in [0.1, 0.15) is 0 Å². The van der Waals surface area contributed by atoms with Crippen LogP contribution in [0.3, 0.4) is 0 Å². The largest absolute Gasteiger partial charge is 0.412 e. The summed E-state index contributed by atoms with van der Waals surface area (Å²) in [4.78, 5) is 13.8. The zero-order chi connectivity index (χ0) is 12.4. The van der Waals surface area contributed by atoms with Crippen molar-refractivity contribution in [1.29, 1.82) is 0 Å². The van der Waals surface area contributed by atoms with E-state index in [4.69, 9.17) is 4.42 Å². The quantitative estimate of drug-likeness (QED) is 0.809. The Bertz CT molecular complexity index is 544. The van der Waals surface area contributed by atoms with E-state index in [0.29, 0.717) is 5.89 Å². The number of hydrogen-bond donors (Lipinski definition) is 0. The second-order valence-corrected chi connectivity index (χ2v) is 4.28. The molecule has 0 atom stereocenters. The smallest absolute Gasteiger partial charge is 0.311 e. The molecule has 1 aliphatic rings. The molecular weight excluding hydrogens is 230 g/mol. The Balaban J connectivity index is 1.83. The van der Waals surface area contributed by atoms with E-state index in [0.717, 1.165) is 31.5 Å². The van der Waals surface area contributed by atoms with E-state index < -0.39 is 0 Å². The minimum Gasteiger partial charge on any atom is -0.412 e. The molecule has 1 aliphatic heterocycles. The highest BCUT2D eigenvalue weighted by molar-refractivity contribution is 5.89. The normalized spacial score (nSPS) is 15.0. The van der Waals surface area contributed by atoms with Crippen molar-refractivity contribution in [3.63, 3.8) is 0 Å². The highest BCUT2D eigenvalue weighted by atomic mass is 16.4. The van der Waals surface area contributed by atoms with Crippen molar-refractivity contribution in [3.8, 4) is 11.5 Å². The van der Waals surface area contributed by atoms with Crippen molar-refractivity contribution >= 4 is 5.91 Å². The number of carbonyl (C=O) groups excluding carboxylic acids is 1. The second kappa shape index (κ2) is 4.60. The van der Waals surface area contributed by atoms with Crippen LogP contribution >= 0.6 is 0 Å². The summed E-state index contributed by atoms with van der Waals surface area (Å²) in [5, 5.41) is 7.74. The Morgan fingerprint density at radius 1 is 1.11 bits per heavy atom. The van der Waals surface area contributed by atoms with E-state index in [-0.39, 0.29) is 11.8 Å². The van der Waals surface area contributed by atoms with Gasteiger partial charge >= 0.3 is 11.8 Å². The second-order valence-electron chi connectivity index (χ2n) is 4.28. The zero-order valence-electron chi connectivity index (χ0n) is 9.87. The van der Waals surface area contributed by atoms with Crippen LogP contribution in [0.15, 0.2) is 34.7 Å². The third-order valence-electron chi connectivity index (χ3n) is 3.02. The number of benzene rings is 1. The van der Waals surface area contributed by atoms with Crippen molar-refractivity contribution in [3.05, 3.63) is 36.2 Å². The van der Waals surface area contributed by atoms with Crippen LogP contribution in [0, 0.1) is 0 Å². The summed E-state index contributed by atoms with van der Waals surface area (Å²) in [6.45, 7) is 1.56. The maximum Gasteiger partial charge on any atom is 0.311 e. The number of amides is 1. The fourth-order valence-corrected chi connectivity index (χ4v) is 2.06. The molecule has 5 heteroatoms. The predicted octanol–water partition coefficient (Wildman–Crippen LogP) is 1.97. The minimum atomic E-state index is -0.165. The highest BCUT2D eigenvalue weighted by Gasteiger charge is 2.24. The van der Waals surface area contributed by atoms with Crippen LogP contribution < -0.4 is 0 Å². The molecule has 3 rings (SSSR count). The first-order valence-corrected chi connectivity index (χ1v) is 6.03. The van der Waals surface area contributed by atoms with E-state index in [9.17, 15) is 4.79 Å². The zero-order valence-corrected chi connectivity index (χ0v) is 9.87. The fourth-order valence-electron chi connectivity index (χ4n) is 2.06. The lowest BCUT2D eigenvalue weighted by molar-refractivity contribution is 0.0754. The molecule has 1 aromatic heterocycles. The van der Waals surface area contributed by atoms with Crippen LogP contribution in [0.1, 0.15) is 23.5 Å². The van der Waals surface area contributed by atoms with Gasteiger partial charge in [0.05, 0.1) is 0 Å². The Morgan fingerprint density at radius 2 is 1.83 bits per heavy atom. The minimum absolute atomic E-state index is 0.0794. The standard InChI is InChI=1S/C13H13N3O2/c17-13(16-8-4-5-9-16)12-15-14-11(18-12)10-6-2-1-3-7-10/h1-3,6-7H,4-5,8-9H2. The maximum absolute atomic E-state index is 12.0. The monoisotopic (exact) mass is 243 g/mol. The summed E-state index contributed by atoms with van der Waals surface area (Å²) >= 11 is 0.